The number of rotatable bonds is 17. The molecule has 0 spiro atoms. The Morgan fingerprint density at radius 2 is 1.08 bits per heavy atom. The normalized spacial score (nSPS) is 16.7. The summed E-state index contributed by atoms with van der Waals surface area (Å²) in [5.41, 5.74) is 0. The number of nitrogens with zero attached hydrogens (tertiary/aromatic N) is 1. The van der Waals surface area contributed by atoms with Gasteiger partial charge in [-0.05, 0) is 12.5 Å². The highest BCUT2D eigenvalue weighted by Crippen LogP contribution is 2.15. The van der Waals surface area contributed by atoms with Crippen molar-refractivity contribution in [1.29, 1.82) is 0 Å². The zero-order chi connectivity index (χ0) is 18.0. The maximum absolute atomic E-state index is 4.07. The van der Waals surface area contributed by atoms with Gasteiger partial charge in [0.05, 0.1) is 0 Å². The summed E-state index contributed by atoms with van der Waals surface area (Å²) in [6.45, 7) is 6.36. The van der Waals surface area contributed by atoms with Crippen molar-refractivity contribution >= 4 is 6.72 Å². The zero-order valence-electron chi connectivity index (χ0n) is 17.1. The fraction of sp³-hybridized carbons (Fsp3) is 0.792. The summed E-state index contributed by atoms with van der Waals surface area (Å²) >= 11 is 0. The first-order valence-corrected chi connectivity index (χ1v) is 11.3. The predicted molar refractivity (Wildman–Crippen MR) is 114 cm³/mol. The first-order chi connectivity index (χ1) is 12.3. The van der Waals surface area contributed by atoms with Crippen LogP contribution >= 0.6 is 0 Å². The molecule has 0 saturated carbocycles. The summed E-state index contributed by atoms with van der Waals surface area (Å²) in [4.78, 5) is 0. The zero-order valence-corrected chi connectivity index (χ0v) is 17.1. The van der Waals surface area contributed by atoms with Crippen molar-refractivity contribution in [2.75, 3.05) is 0 Å². The van der Waals surface area contributed by atoms with Gasteiger partial charge in [0.15, 0.2) is 12.2 Å². The molecule has 25 heavy (non-hydrogen) atoms. The maximum atomic E-state index is 4.07. The van der Waals surface area contributed by atoms with Crippen LogP contribution in [0.15, 0.2) is 24.4 Å². The highest BCUT2D eigenvalue weighted by molar-refractivity contribution is 5.19. The van der Waals surface area contributed by atoms with Crippen molar-refractivity contribution in [2.45, 2.75) is 122 Å². The minimum Gasteiger partial charge on any atom is -0.205 e. The molecule has 1 nitrogen and oxygen atoms in total. The Balaban J connectivity index is 1.73. The lowest BCUT2D eigenvalue weighted by atomic mass is 10.0. The number of hydrogen-bond acceptors (Lipinski definition) is 0. The van der Waals surface area contributed by atoms with Crippen LogP contribution in [-0.4, -0.2) is 17.3 Å². The van der Waals surface area contributed by atoms with Crippen LogP contribution in [0.25, 0.3) is 0 Å². The molecule has 0 aromatic carbocycles. The standard InChI is InChI=1S/C24H44N/c1-3-4-5-6-7-8-9-10-11-12-13-14-15-16-17-18-21-24-22-19-20-23-25(24)2/h19-20,22-24H,2-18,21H2,1H3/q+1. The summed E-state index contributed by atoms with van der Waals surface area (Å²) in [6.07, 6.45) is 32.9. The van der Waals surface area contributed by atoms with Gasteiger partial charge < -0.3 is 0 Å². The van der Waals surface area contributed by atoms with Crippen LogP contribution < -0.4 is 0 Å². The second kappa shape index (κ2) is 16.6. The molecule has 144 valence electrons. The fourth-order valence-electron chi connectivity index (χ4n) is 3.74. The highest BCUT2D eigenvalue weighted by atomic mass is 15.0. The summed E-state index contributed by atoms with van der Waals surface area (Å²) in [6, 6.07) is 0.525. The van der Waals surface area contributed by atoms with E-state index in [1.54, 1.807) is 0 Å². The average Bonchev–Trinajstić information content (AvgIpc) is 2.63. The van der Waals surface area contributed by atoms with Gasteiger partial charge in [-0.15, -0.1) is 0 Å². The third-order valence-electron chi connectivity index (χ3n) is 5.50. The van der Waals surface area contributed by atoms with Crippen molar-refractivity contribution in [2.24, 2.45) is 0 Å². The first-order valence-electron chi connectivity index (χ1n) is 11.3. The first kappa shape index (κ1) is 22.2. The molecule has 0 fully saturated rings. The minimum atomic E-state index is 0.525. The molecular weight excluding hydrogens is 302 g/mol. The maximum Gasteiger partial charge on any atom is 0.176 e. The highest BCUT2D eigenvalue weighted by Gasteiger charge is 2.14. The average molecular weight is 347 g/mol. The van der Waals surface area contributed by atoms with Gasteiger partial charge in [-0.3, -0.25) is 0 Å². The van der Waals surface area contributed by atoms with Gasteiger partial charge in [-0.1, -0.05) is 109 Å². The van der Waals surface area contributed by atoms with E-state index in [0.29, 0.717) is 6.04 Å². The molecule has 1 aliphatic rings. The van der Waals surface area contributed by atoms with Crippen LogP contribution in [0.4, 0.5) is 0 Å². The van der Waals surface area contributed by atoms with Gasteiger partial charge in [0.25, 0.3) is 0 Å². The van der Waals surface area contributed by atoms with Crippen molar-refractivity contribution < 1.29 is 4.58 Å². The predicted octanol–water partition coefficient (Wildman–Crippen LogP) is 7.80. The Bertz CT molecular complexity index is 366. The quantitative estimate of drug-likeness (QED) is 0.187. The van der Waals surface area contributed by atoms with Crippen LogP contribution in [-0.2, 0) is 0 Å². The lowest BCUT2D eigenvalue weighted by Gasteiger charge is -2.10. The van der Waals surface area contributed by atoms with Crippen molar-refractivity contribution in [3.8, 4) is 0 Å². The molecule has 0 radical (unpaired) electrons. The molecule has 1 aliphatic heterocycles. The van der Waals surface area contributed by atoms with Gasteiger partial charge in [0.2, 0.25) is 0 Å². The van der Waals surface area contributed by atoms with Crippen LogP contribution in [0.3, 0.4) is 0 Å². The van der Waals surface area contributed by atoms with Crippen molar-refractivity contribution in [3.63, 3.8) is 0 Å². The number of hydrogen-bond donors (Lipinski definition) is 0. The van der Waals surface area contributed by atoms with Crippen LogP contribution in [0.5, 0.6) is 0 Å². The lowest BCUT2D eigenvalue weighted by molar-refractivity contribution is -0.480. The second-order valence-corrected chi connectivity index (χ2v) is 7.90. The smallest absolute Gasteiger partial charge is 0.176 e. The van der Waals surface area contributed by atoms with E-state index in [1.807, 2.05) is 0 Å². The van der Waals surface area contributed by atoms with Gasteiger partial charge in [0.1, 0.15) is 6.72 Å². The van der Waals surface area contributed by atoms with Crippen LogP contribution in [0.2, 0.25) is 0 Å². The van der Waals surface area contributed by atoms with Gasteiger partial charge in [0, 0.05) is 12.5 Å². The van der Waals surface area contributed by atoms with E-state index < -0.39 is 0 Å². The van der Waals surface area contributed by atoms with Crippen molar-refractivity contribution in [1.82, 2.24) is 0 Å². The summed E-state index contributed by atoms with van der Waals surface area (Å²) < 4.78 is 2.09. The van der Waals surface area contributed by atoms with Gasteiger partial charge in [-0.2, -0.15) is 0 Å². The van der Waals surface area contributed by atoms with Crippen molar-refractivity contribution in [3.05, 3.63) is 24.4 Å². The molecule has 0 aromatic rings. The SMILES string of the molecule is C=[N+]1C=CC=CC1CCCCCCCCCCCCCCCCCC. The Labute approximate surface area is 158 Å². The second-order valence-electron chi connectivity index (χ2n) is 7.90. The van der Waals surface area contributed by atoms with Gasteiger partial charge >= 0.3 is 0 Å². The fourth-order valence-corrected chi connectivity index (χ4v) is 3.74. The molecule has 1 rings (SSSR count). The molecule has 0 aromatic heterocycles. The molecule has 1 atom stereocenters. The molecule has 0 bridgehead atoms. The Morgan fingerprint density at radius 3 is 1.52 bits per heavy atom. The molecule has 1 heteroatoms. The van der Waals surface area contributed by atoms with Crippen LogP contribution in [0.1, 0.15) is 116 Å². The third-order valence-corrected chi connectivity index (χ3v) is 5.50. The summed E-state index contributed by atoms with van der Waals surface area (Å²) in [5.74, 6) is 0. The summed E-state index contributed by atoms with van der Waals surface area (Å²) in [7, 11) is 0. The number of allylic oxidation sites excluding steroid dienone is 2. The molecule has 0 aliphatic carbocycles. The lowest BCUT2D eigenvalue weighted by Crippen LogP contribution is -2.19. The molecular formula is C24H44N+. The van der Waals surface area contributed by atoms with E-state index in [4.69, 9.17) is 0 Å². The third kappa shape index (κ3) is 13.1. The largest absolute Gasteiger partial charge is 0.205 e. The van der Waals surface area contributed by atoms with Gasteiger partial charge in [-0.25, -0.2) is 4.58 Å². The van der Waals surface area contributed by atoms with E-state index in [9.17, 15) is 0 Å². The van der Waals surface area contributed by atoms with E-state index in [2.05, 4.69) is 42.6 Å². The van der Waals surface area contributed by atoms with E-state index in [0.717, 1.165) is 0 Å². The minimum absolute atomic E-state index is 0.525. The van der Waals surface area contributed by atoms with E-state index in [1.165, 1.54) is 109 Å². The Morgan fingerprint density at radius 1 is 0.640 bits per heavy atom. The van der Waals surface area contributed by atoms with E-state index >= 15 is 0 Å². The van der Waals surface area contributed by atoms with Crippen LogP contribution in [0, 0.1) is 0 Å². The van der Waals surface area contributed by atoms with E-state index in [-0.39, 0.29) is 0 Å². The molecule has 0 amide bonds. The Kier molecular flexibility index (Phi) is 14.7. The molecule has 0 N–H and O–H groups in total. The number of unbranched alkanes of at least 4 members (excludes halogenated alkanes) is 15. The molecule has 0 saturated heterocycles. The monoisotopic (exact) mass is 346 g/mol. The summed E-state index contributed by atoms with van der Waals surface area (Å²) in [5, 5.41) is 0. The molecule has 1 heterocycles. The topological polar surface area (TPSA) is 3.01 Å². The Hall–Kier alpha value is -0.850. The molecule has 1 unspecified atom stereocenters.